The van der Waals surface area contributed by atoms with E-state index in [1.165, 1.54) is 0 Å². The summed E-state index contributed by atoms with van der Waals surface area (Å²) >= 11 is 0. The minimum absolute atomic E-state index is 0. The molecular formula is C12H24Na2O4. The van der Waals surface area contributed by atoms with E-state index in [4.69, 9.17) is 9.84 Å². The number of carbonyl (C=O) groups is 2. The molecule has 0 radical (unpaired) electrons. The molecule has 1 atom stereocenters. The standard InChI is InChI=1S/C12H22O4.2Na.2H/c1-3-5-6-10(4-2)9-16-12(15)8-7-11(13)14;;;;/h10H,3-9H2,1-2H3,(H,13,14);;;;. The number of carboxylic acid groups (broad SMARTS) is 1. The Bertz CT molecular complexity index is 222. The van der Waals surface area contributed by atoms with E-state index in [1.54, 1.807) is 0 Å². The molecule has 0 fully saturated rings. The van der Waals surface area contributed by atoms with E-state index in [1.807, 2.05) is 0 Å². The fourth-order valence-corrected chi connectivity index (χ4v) is 1.39. The van der Waals surface area contributed by atoms with Gasteiger partial charge in [-0.1, -0.05) is 33.1 Å². The van der Waals surface area contributed by atoms with E-state index < -0.39 is 11.9 Å². The first-order valence-electron chi connectivity index (χ1n) is 5.97. The molecule has 18 heavy (non-hydrogen) atoms. The van der Waals surface area contributed by atoms with E-state index in [9.17, 15) is 9.59 Å². The number of esters is 1. The molecule has 0 aliphatic carbocycles. The van der Waals surface area contributed by atoms with Crippen LogP contribution in [0.25, 0.3) is 0 Å². The van der Waals surface area contributed by atoms with Gasteiger partial charge in [-0.3, -0.25) is 9.59 Å². The van der Waals surface area contributed by atoms with E-state index in [0.717, 1.165) is 25.7 Å². The van der Waals surface area contributed by atoms with Crippen LogP contribution < -0.4 is 0 Å². The second-order valence-electron chi connectivity index (χ2n) is 3.99. The van der Waals surface area contributed by atoms with Crippen molar-refractivity contribution in [3.8, 4) is 0 Å². The van der Waals surface area contributed by atoms with Gasteiger partial charge in [0.25, 0.3) is 0 Å². The number of aliphatic carboxylic acids is 1. The van der Waals surface area contributed by atoms with Gasteiger partial charge in [0, 0.05) is 0 Å². The molecule has 0 saturated heterocycles. The monoisotopic (exact) mass is 278 g/mol. The van der Waals surface area contributed by atoms with E-state index in [0.29, 0.717) is 12.5 Å². The topological polar surface area (TPSA) is 63.6 Å². The van der Waals surface area contributed by atoms with E-state index in [-0.39, 0.29) is 72.0 Å². The Balaban J connectivity index is -0.00000112. The maximum absolute atomic E-state index is 11.2. The number of hydrogen-bond acceptors (Lipinski definition) is 3. The normalized spacial score (nSPS) is 10.8. The van der Waals surface area contributed by atoms with Crippen LogP contribution in [0.4, 0.5) is 0 Å². The summed E-state index contributed by atoms with van der Waals surface area (Å²) in [6.45, 7) is 4.63. The molecule has 1 N–H and O–H groups in total. The zero-order valence-corrected chi connectivity index (χ0v) is 10.2. The molecule has 4 nitrogen and oxygen atoms in total. The Morgan fingerprint density at radius 2 is 1.78 bits per heavy atom. The zero-order chi connectivity index (χ0) is 12.4. The SMILES string of the molecule is CCCCC(CC)COC(=O)CCC(=O)O.[NaH].[NaH]. The van der Waals surface area contributed by atoms with Crippen molar-refractivity contribution >= 4 is 71.1 Å². The van der Waals surface area contributed by atoms with Gasteiger partial charge < -0.3 is 9.84 Å². The molecule has 0 aromatic carbocycles. The number of unbranched alkanes of at least 4 members (excludes halogenated alkanes) is 1. The minimum atomic E-state index is -0.963. The van der Waals surface area contributed by atoms with Gasteiger partial charge in [-0.05, 0) is 12.3 Å². The van der Waals surface area contributed by atoms with Gasteiger partial charge in [0.1, 0.15) is 0 Å². The first kappa shape index (κ1) is 24.0. The summed E-state index contributed by atoms with van der Waals surface area (Å²) in [6.07, 6.45) is 4.17. The van der Waals surface area contributed by atoms with Crippen molar-refractivity contribution in [1.29, 1.82) is 0 Å². The van der Waals surface area contributed by atoms with Crippen LogP contribution in [-0.2, 0) is 14.3 Å². The van der Waals surface area contributed by atoms with Crippen LogP contribution in [0.15, 0.2) is 0 Å². The van der Waals surface area contributed by atoms with Crippen LogP contribution in [0.1, 0.15) is 52.4 Å². The van der Waals surface area contributed by atoms with E-state index in [2.05, 4.69) is 13.8 Å². The van der Waals surface area contributed by atoms with Crippen LogP contribution >= 0.6 is 0 Å². The summed E-state index contributed by atoms with van der Waals surface area (Å²) in [4.78, 5) is 21.4. The third-order valence-electron chi connectivity index (χ3n) is 2.57. The molecule has 98 valence electrons. The van der Waals surface area contributed by atoms with Crippen LogP contribution in [0.3, 0.4) is 0 Å². The molecule has 0 bridgehead atoms. The van der Waals surface area contributed by atoms with Crippen molar-refractivity contribution in [1.82, 2.24) is 0 Å². The molecule has 0 amide bonds. The summed E-state index contributed by atoms with van der Waals surface area (Å²) in [5.41, 5.74) is 0. The first-order valence-corrected chi connectivity index (χ1v) is 5.97. The summed E-state index contributed by atoms with van der Waals surface area (Å²) in [6, 6.07) is 0. The van der Waals surface area contributed by atoms with Crippen molar-refractivity contribution in [3.63, 3.8) is 0 Å². The van der Waals surface area contributed by atoms with Crippen molar-refractivity contribution in [2.75, 3.05) is 6.61 Å². The molecule has 0 aromatic heterocycles. The quantitative estimate of drug-likeness (QED) is 0.510. The van der Waals surface area contributed by atoms with Crippen molar-refractivity contribution in [2.45, 2.75) is 52.4 Å². The van der Waals surface area contributed by atoms with Gasteiger partial charge in [0.15, 0.2) is 0 Å². The fraction of sp³-hybridized carbons (Fsp3) is 0.833. The first-order chi connectivity index (χ1) is 7.60. The Labute approximate surface area is 154 Å². The Morgan fingerprint density at radius 1 is 1.17 bits per heavy atom. The number of hydrogen-bond donors (Lipinski definition) is 1. The van der Waals surface area contributed by atoms with Crippen molar-refractivity contribution in [3.05, 3.63) is 0 Å². The van der Waals surface area contributed by atoms with Gasteiger partial charge in [-0.15, -0.1) is 0 Å². The Kier molecular flexibility index (Phi) is 21.3. The summed E-state index contributed by atoms with van der Waals surface area (Å²) < 4.78 is 5.04. The summed E-state index contributed by atoms with van der Waals surface area (Å²) in [5.74, 6) is -0.957. The molecule has 6 heteroatoms. The molecule has 0 rings (SSSR count). The number of carbonyl (C=O) groups excluding carboxylic acids is 1. The average molecular weight is 278 g/mol. The predicted octanol–water partition coefficient (Wildman–Crippen LogP) is 1.31. The molecule has 0 saturated carbocycles. The molecular weight excluding hydrogens is 254 g/mol. The second-order valence-corrected chi connectivity index (χ2v) is 3.99. The third kappa shape index (κ3) is 15.0. The van der Waals surface area contributed by atoms with Crippen molar-refractivity contribution < 1.29 is 19.4 Å². The van der Waals surface area contributed by atoms with Crippen molar-refractivity contribution in [2.24, 2.45) is 5.92 Å². The molecule has 0 heterocycles. The molecule has 0 aromatic rings. The van der Waals surface area contributed by atoms with E-state index >= 15 is 0 Å². The molecule has 0 spiro atoms. The summed E-state index contributed by atoms with van der Waals surface area (Å²) in [7, 11) is 0. The number of carboxylic acids is 1. The molecule has 1 unspecified atom stereocenters. The van der Waals surface area contributed by atoms with Crippen LogP contribution in [0, 0.1) is 5.92 Å². The van der Waals surface area contributed by atoms with Gasteiger partial charge in [-0.25, -0.2) is 0 Å². The van der Waals surface area contributed by atoms with Gasteiger partial charge >= 0.3 is 71.1 Å². The van der Waals surface area contributed by atoms with Gasteiger partial charge in [-0.2, -0.15) is 0 Å². The van der Waals surface area contributed by atoms with Gasteiger partial charge in [0.05, 0.1) is 19.4 Å². The molecule has 0 aliphatic heterocycles. The second kappa shape index (κ2) is 16.0. The van der Waals surface area contributed by atoms with Crippen LogP contribution in [0.5, 0.6) is 0 Å². The molecule has 0 aliphatic rings. The Hall–Kier alpha value is 0.940. The zero-order valence-electron chi connectivity index (χ0n) is 10.2. The third-order valence-corrected chi connectivity index (χ3v) is 2.57. The van der Waals surface area contributed by atoms with Crippen LogP contribution in [0.2, 0.25) is 0 Å². The maximum atomic E-state index is 11.2. The average Bonchev–Trinajstić information content (AvgIpc) is 2.26. The van der Waals surface area contributed by atoms with Gasteiger partial charge in [0.2, 0.25) is 0 Å². The fourth-order valence-electron chi connectivity index (χ4n) is 1.39. The number of ether oxygens (including phenoxy) is 1. The number of rotatable bonds is 9. The predicted molar refractivity (Wildman–Crippen MR) is 75.4 cm³/mol. The van der Waals surface area contributed by atoms with Crippen LogP contribution in [-0.4, -0.2) is 82.8 Å². The Morgan fingerprint density at radius 3 is 2.22 bits per heavy atom. The summed E-state index contributed by atoms with van der Waals surface area (Å²) in [5, 5.41) is 8.39.